The minimum atomic E-state index is -0.813. The molecule has 0 spiro atoms. The van der Waals surface area contributed by atoms with Gasteiger partial charge in [-0.25, -0.2) is 9.18 Å². The summed E-state index contributed by atoms with van der Waals surface area (Å²) >= 11 is 0. The highest BCUT2D eigenvalue weighted by Gasteiger charge is 2.32. The molecule has 1 saturated heterocycles. The Kier molecular flexibility index (Phi) is 8.77. The summed E-state index contributed by atoms with van der Waals surface area (Å²) in [5, 5.41) is 7.14. The summed E-state index contributed by atoms with van der Waals surface area (Å²) in [5.41, 5.74) is 5.55. The summed E-state index contributed by atoms with van der Waals surface area (Å²) in [4.78, 5) is 36.7. The van der Waals surface area contributed by atoms with Gasteiger partial charge in [0.15, 0.2) is 0 Å². The Morgan fingerprint density at radius 3 is 2.50 bits per heavy atom. The number of benzene rings is 3. The van der Waals surface area contributed by atoms with Crippen LogP contribution >= 0.6 is 0 Å². The molecule has 2 unspecified atom stereocenters. The van der Waals surface area contributed by atoms with Gasteiger partial charge in [-0.1, -0.05) is 37.3 Å². The Morgan fingerprint density at radius 2 is 1.76 bits per heavy atom. The van der Waals surface area contributed by atoms with Crippen LogP contribution in [0.3, 0.4) is 0 Å². The number of aryl methyl sites for hydroxylation is 1. The fraction of sp³-hybridized carbons (Fsp3) is 0.333. The van der Waals surface area contributed by atoms with Gasteiger partial charge in [-0.3, -0.25) is 4.79 Å². The molecule has 0 bridgehead atoms. The number of piperazine rings is 1. The van der Waals surface area contributed by atoms with Crippen LogP contribution in [-0.2, 0) is 11.3 Å². The number of fused-ring (bicyclic) bond motifs is 1. The van der Waals surface area contributed by atoms with Gasteiger partial charge in [0, 0.05) is 67.1 Å². The highest BCUT2D eigenvalue weighted by Crippen LogP contribution is 2.29. The number of halogens is 1. The van der Waals surface area contributed by atoms with Gasteiger partial charge in [-0.05, 0) is 74.1 Å². The van der Waals surface area contributed by atoms with Crippen LogP contribution in [0.5, 0.6) is 0 Å². The number of para-hydroxylation sites is 1. The Bertz CT molecular complexity index is 1560. The molecule has 1 aliphatic rings. The van der Waals surface area contributed by atoms with Gasteiger partial charge < -0.3 is 30.3 Å². The first-order valence-corrected chi connectivity index (χ1v) is 14.4. The van der Waals surface area contributed by atoms with Crippen molar-refractivity contribution in [3.8, 4) is 0 Å². The second-order valence-electron chi connectivity index (χ2n) is 11.3. The van der Waals surface area contributed by atoms with E-state index in [0.717, 1.165) is 39.8 Å². The van der Waals surface area contributed by atoms with Crippen LogP contribution in [0.4, 0.5) is 20.6 Å². The molecule has 4 aromatic rings. The first-order chi connectivity index (χ1) is 20.2. The van der Waals surface area contributed by atoms with Crippen molar-refractivity contribution in [2.75, 3.05) is 50.5 Å². The predicted molar refractivity (Wildman–Crippen MR) is 166 cm³/mol. The Balaban J connectivity index is 1.33. The number of nitrogens with one attached hydrogen (secondary N) is 3. The summed E-state index contributed by atoms with van der Waals surface area (Å²) in [6, 6.07) is 19.4. The van der Waals surface area contributed by atoms with Crippen molar-refractivity contribution < 1.29 is 14.0 Å². The normalized spacial score (nSPS) is 15.1. The number of nitrogens with zero attached hydrogens (tertiary/aromatic N) is 3. The summed E-state index contributed by atoms with van der Waals surface area (Å²) in [5.74, 6) is -0.839. The minimum Gasteiger partial charge on any atom is -0.368 e. The second kappa shape index (κ2) is 12.7. The first kappa shape index (κ1) is 29.1. The number of aromatic nitrogens is 1. The topological polar surface area (TPSA) is 83.7 Å². The molecule has 0 aliphatic carbocycles. The summed E-state index contributed by atoms with van der Waals surface area (Å²) in [6.45, 7) is 6.83. The number of amides is 3. The third-order valence-electron chi connectivity index (χ3n) is 7.93. The lowest BCUT2D eigenvalue weighted by atomic mass is 9.92. The van der Waals surface area contributed by atoms with E-state index in [1.807, 2.05) is 82.7 Å². The maximum atomic E-state index is 13.8. The molecule has 0 radical (unpaired) electrons. The third-order valence-corrected chi connectivity index (χ3v) is 7.93. The molecule has 9 heteroatoms. The van der Waals surface area contributed by atoms with Crippen molar-refractivity contribution in [1.82, 2.24) is 20.1 Å². The zero-order valence-corrected chi connectivity index (χ0v) is 24.7. The molecule has 8 nitrogen and oxygen atoms in total. The van der Waals surface area contributed by atoms with Gasteiger partial charge in [0.2, 0.25) is 5.91 Å². The van der Waals surface area contributed by atoms with E-state index in [9.17, 15) is 14.0 Å². The Labute approximate surface area is 246 Å². The molecule has 3 amide bonds. The van der Waals surface area contributed by atoms with E-state index in [-0.39, 0.29) is 23.7 Å². The SMILES string of the molecule is Cc1cc(F)ccc1N1CCN(C(=O)NC(C(=O)Nc2cccc(CN(C)C)c2)C(C)c2c[nH]c3ccccc23)CC1. The first-order valence-electron chi connectivity index (χ1n) is 14.4. The highest BCUT2D eigenvalue weighted by atomic mass is 19.1. The Hall–Kier alpha value is -4.37. The molecule has 2 heterocycles. The number of hydrogen-bond acceptors (Lipinski definition) is 4. The van der Waals surface area contributed by atoms with Crippen molar-refractivity contribution in [1.29, 1.82) is 0 Å². The maximum absolute atomic E-state index is 13.8. The Morgan fingerprint density at radius 1 is 1.00 bits per heavy atom. The third kappa shape index (κ3) is 6.57. The number of rotatable bonds is 8. The van der Waals surface area contributed by atoms with Gasteiger partial charge in [0.05, 0.1) is 0 Å². The van der Waals surface area contributed by atoms with Crippen molar-refractivity contribution in [3.63, 3.8) is 0 Å². The van der Waals surface area contributed by atoms with Gasteiger partial charge in [0.1, 0.15) is 11.9 Å². The largest absolute Gasteiger partial charge is 0.368 e. The van der Waals surface area contributed by atoms with Crippen LogP contribution in [0, 0.1) is 12.7 Å². The smallest absolute Gasteiger partial charge is 0.318 e. The van der Waals surface area contributed by atoms with Gasteiger partial charge in [-0.2, -0.15) is 0 Å². The average Bonchev–Trinajstić information content (AvgIpc) is 3.40. The number of carbonyl (C=O) groups excluding carboxylic acids is 2. The number of urea groups is 1. The number of anilines is 2. The predicted octanol–water partition coefficient (Wildman–Crippen LogP) is 5.32. The average molecular weight is 571 g/mol. The molecular formula is C33H39FN6O2. The molecule has 5 rings (SSSR count). The van der Waals surface area contributed by atoms with E-state index in [2.05, 4.69) is 25.4 Å². The lowest BCUT2D eigenvalue weighted by Crippen LogP contribution is -2.56. The van der Waals surface area contributed by atoms with E-state index < -0.39 is 6.04 Å². The molecular weight excluding hydrogens is 531 g/mol. The van der Waals surface area contributed by atoms with Crippen molar-refractivity contribution in [2.24, 2.45) is 0 Å². The van der Waals surface area contributed by atoms with Gasteiger partial charge in [0.25, 0.3) is 0 Å². The van der Waals surface area contributed by atoms with Crippen LogP contribution in [-0.4, -0.2) is 73.0 Å². The van der Waals surface area contributed by atoms with Crippen molar-refractivity contribution in [2.45, 2.75) is 32.4 Å². The maximum Gasteiger partial charge on any atom is 0.318 e. The molecule has 3 aromatic carbocycles. The van der Waals surface area contributed by atoms with Crippen LogP contribution in [0.1, 0.15) is 29.5 Å². The fourth-order valence-electron chi connectivity index (χ4n) is 5.75. The lowest BCUT2D eigenvalue weighted by molar-refractivity contribution is -0.118. The van der Waals surface area contributed by atoms with Crippen LogP contribution < -0.4 is 15.5 Å². The highest BCUT2D eigenvalue weighted by molar-refractivity contribution is 5.98. The van der Waals surface area contributed by atoms with Crippen LogP contribution in [0.15, 0.2) is 72.9 Å². The minimum absolute atomic E-state index is 0.257. The summed E-state index contributed by atoms with van der Waals surface area (Å²) in [7, 11) is 4.00. The van der Waals surface area contributed by atoms with E-state index in [4.69, 9.17) is 0 Å². The number of carbonyl (C=O) groups is 2. The second-order valence-corrected chi connectivity index (χ2v) is 11.3. The fourth-order valence-corrected chi connectivity index (χ4v) is 5.75. The molecule has 1 fully saturated rings. The molecule has 3 N–H and O–H groups in total. The molecule has 1 aromatic heterocycles. The zero-order valence-electron chi connectivity index (χ0n) is 24.7. The van der Waals surface area contributed by atoms with Crippen molar-refractivity contribution >= 4 is 34.2 Å². The quantitative estimate of drug-likeness (QED) is 0.268. The molecule has 220 valence electrons. The van der Waals surface area contributed by atoms with Gasteiger partial charge >= 0.3 is 6.03 Å². The lowest BCUT2D eigenvalue weighted by Gasteiger charge is -2.37. The summed E-state index contributed by atoms with van der Waals surface area (Å²) < 4.78 is 13.6. The standard InChI is InChI=1S/C33H39FN6O2/c1-22-18-25(34)12-13-30(22)39-14-16-40(17-15-39)33(42)37-31(23(2)28-20-35-29-11-6-5-10-27(28)29)32(41)36-26-9-7-8-24(19-26)21-38(3)4/h5-13,18-20,23,31,35H,14-17,21H2,1-4H3,(H,36,41)(H,37,42). The van der Waals surface area contributed by atoms with Gasteiger partial charge in [-0.15, -0.1) is 0 Å². The van der Waals surface area contributed by atoms with E-state index in [0.29, 0.717) is 31.9 Å². The number of aromatic amines is 1. The van der Waals surface area contributed by atoms with E-state index in [1.54, 1.807) is 11.0 Å². The van der Waals surface area contributed by atoms with Crippen molar-refractivity contribution in [3.05, 3.63) is 95.4 Å². The molecule has 0 saturated carbocycles. The van der Waals surface area contributed by atoms with E-state index >= 15 is 0 Å². The molecule has 2 atom stereocenters. The van der Waals surface area contributed by atoms with E-state index in [1.165, 1.54) is 12.1 Å². The monoisotopic (exact) mass is 570 g/mol. The zero-order chi connectivity index (χ0) is 29.8. The molecule has 42 heavy (non-hydrogen) atoms. The number of hydrogen-bond donors (Lipinski definition) is 3. The summed E-state index contributed by atoms with van der Waals surface area (Å²) in [6.07, 6.45) is 1.92. The number of H-pyrrole nitrogens is 1. The van der Waals surface area contributed by atoms with Crippen LogP contribution in [0.2, 0.25) is 0 Å². The molecule has 1 aliphatic heterocycles. The van der Waals surface area contributed by atoms with Crippen LogP contribution in [0.25, 0.3) is 10.9 Å².